The van der Waals surface area contributed by atoms with E-state index in [2.05, 4.69) is 4.90 Å². The Morgan fingerprint density at radius 1 is 1.20 bits per heavy atom. The molecule has 0 spiro atoms. The van der Waals surface area contributed by atoms with Crippen molar-refractivity contribution in [3.05, 3.63) is 0 Å². The maximum atomic E-state index is 9.76. The highest BCUT2D eigenvalue weighted by atomic mass is 16.3. The maximum absolute atomic E-state index is 9.76. The standard InChI is InChI=1S/C12H26N2O/c1-12(15,11-13)7-6-10-14-8-4-2-3-5-9-14/h15H,2-11,13H2,1H3. The van der Waals surface area contributed by atoms with E-state index in [4.69, 9.17) is 5.73 Å². The number of rotatable bonds is 5. The second-order valence-corrected chi connectivity index (χ2v) is 5.06. The molecule has 15 heavy (non-hydrogen) atoms. The Balaban J connectivity index is 2.13. The van der Waals surface area contributed by atoms with Crippen LogP contribution < -0.4 is 5.73 Å². The van der Waals surface area contributed by atoms with Crippen LogP contribution in [-0.2, 0) is 0 Å². The third-order valence-electron chi connectivity index (χ3n) is 3.33. The molecular formula is C12H26N2O. The Bertz CT molecular complexity index is 163. The molecule has 3 nitrogen and oxygen atoms in total. The summed E-state index contributed by atoms with van der Waals surface area (Å²) in [6.45, 7) is 5.80. The molecule has 3 heteroatoms. The van der Waals surface area contributed by atoms with Crippen molar-refractivity contribution in [3.63, 3.8) is 0 Å². The van der Waals surface area contributed by atoms with Crippen LogP contribution in [0, 0.1) is 0 Å². The SMILES string of the molecule is CC(O)(CN)CCCN1CCCCCC1. The summed E-state index contributed by atoms with van der Waals surface area (Å²) in [6.07, 6.45) is 7.33. The van der Waals surface area contributed by atoms with Gasteiger partial charge >= 0.3 is 0 Å². The van der Waals surface area contributed by atoms with Gasteiger partial charge in [-0.15, -0.1) is 0 Å². The molecule has 1 heterocycles. The molecule has 0 aliphatic carbocycles. The molecule has 1 unspecified atom stereocenters. The molecule has 1 rings (SSSR count). The molecule has 0 radical (unpaired) electrons. The van der Waals surface area contributed by atoms with E-state index in [0.29, 0.717) is 6.54 Å². The van der Waals surface area contributed by atoms with E-state index < -0.39 is 5.60 Å². The second-order valence-electron chi connectivity index (χ2n) is 5.06. The minimum absolute atomic E-state index is 0.368. The first-order chi connectivity index (χ1) is 7.14. The summed E-state index contributed by atoms with van der Waals surface area (Å²) in [5.74, 6) is 0. The van der Waals surface area contributed by atoms with E-state index in [9.17, 15) is 5.11 Å². The number of nitrogens with two attached hydrogens (primary N) is 1. The van der Waals surface area contributed by atoms with E-state index in [0.717, 1.165) is 19.4 Å². The zero-order valence-electron chi connectivity index (χ0n) is 10.0. The molecule has 1 aliphatic rings. The lowest BCUT2D eigenvalue weighted by Crippen LogP contribution is -2.35. The van der Waals surface area contributed by atoms with Crippen LogP contribution in [0.1, 0.15) is 45.4 Å². The van der Waals surface area contributed by atoms with Crippen LogP contribution in [0.2, 0.25) is 0 Å². The van der Waals surface area contributed by atoms with Crippen LogP contribution in [0.4, 0.5) is 0 Å². The van der Waals surface area contributed by atoms with Gasteiger partial charge in [-0.25, -0.2) is 0 Å². The molecule has 0 saturated carbocycles. The molecule has 1 atom stereocenters. The van der Waals surface area contributed by atoms with Crippen molar-refractivity contribution in [1.82, 2.24) is 4.90 Å². The summed E-state index contributed by atoms with van der Waals surface area (Å²) >= 11 is 0. The highest BCUT2D eigenvalue weighted by Crippen LogP contribution is 2.13. The van der Waals surface area contributed by atoms with E-state index in [1.165, 1.54) is 38.8 Å². The van der Waals surface area contributed by atoms with Crippen LogP contribution >= 0.6 is 0 Å². The van der Waals surface area contributed by atoms with E-state index in [-0.39, 0.29) is 0 Å². The molecule has 1 aliphatic heterocycles. The fraction of sp³-hybridized carbons (Fsp3) is 1.00. The quantitative estimate of drug-likeness (QED) is 0.726. The molecule has 1 saturated heterocycles. The second kappa shape index (κ2) is 6.46. The molecule has 0 aromatic rings. The number of likely N-dealkylation sites (tertiary alicyclic amines) is 1. The van der Waals surface area contributed by atoms with Crippen molar-refractivity contribution in [2.24, 2.45) is 5.73 Å². The molecule has 0 bridgehead atoms. The lowest BCUT2D eigenvalue weighted by Gasteiger charge is -2.24. The Kier molecular flexibility index (Phi) is 5.58. The smallest absolute Gasteiger partial charge is 0.0741 e. The lowest BCUT2D eigenvalue weighted by atomic mass is 10.0. The van der Waals surface area contributed by atoms with Crippen molar-refractivity contribution < 1.29 is 5.11 Å². The van der Waals surface area contributed by atoms with Crippen LogP contribution in [0.15, 0.2) is 0 Å². The molecule has 0 aromatic carbocycles. The Morgan fingerprint density at radius 3 is 2.33 bits per heavy atom. The van der Waals surface area contributed by atoms with Crippen molar-refractivity contribution in [2.45, 2.75) is 51.0 Å². The highest BCUT2D eigenvalue weighted by molar-refractivity contribution is 4.74. The van der Waals surface area contributed by atoms with E-state index >= 15 is 0 Å². The van der Waals surface area contributed by atoms with Gasteiger partial charge in [0.25, 0.3) is 0 Å². The number of aliphatic hydroxyl groups is 1. The normalized spacial score (nSPS) is 23.4. The van der Waals surface area contributed by atoms with Crippen LogP contribution in [0.3, 0.4) is 0 Å². The van der Waals surface area contributed by atoms with Crippen molar-refractivity contribution >= 4 is 0 Å². The van der Waals surface area contributed by atoms with Crippen molar-refractivity contribution in [2.75, 3.05) is 26.2 Å². The van der Waals surface area contributed by atoms with Crippen LogP contribution in [0.25, 0.3) is 0 Å². The maximum Gasteiger partial charge on any atom is 0.0741 e. The van der Waals surface area contributed by atoms with E-state index in [1.807, 2.05) is 6.92 Å². The predicted octanol–water partition coefficient (Wildman–Crippen LogP) is 1.35. The van der Waals surface area contributed by atoms with E-state index in [1.54, 1.807) is 0 Å². The Hall–Kier alpha value is -0.120. The van der Waals surface area contributed by atoms with Crippen molar-refractivity contribution in [3.8, 4) is 0 Å². The molecule has 0 amide bonds. The van der Waals surface area contributed by atoms with Gasteiger partial charge in [0.15, 0.2) is 0 Å². The van der Waals surface area contributed by atoms with Gasteiger partial charge < -0.3 is 15.7 Å². The number of hydrogen-bond acceptors (Lipinski definition) is 3. The summed E-state index contributed by atoms with van der Waals surface area (Å²) < 4.78 is 0. The fourth-order valence-electron chi connectivity index (χ4n) is 2.15. The minimum Gasteiger partial charge on any atom is -0.389 e. The molecule has 1 fully saturated rings. The Morgan fingerprint density at radius 2 is 1.80 bits per heavy atom. The molecule has 3 N–H and O–H groups in total. The first-order valence-electron chi connectivity index (χ1n) is 6.29. The van der Waals surface area contributed by atoms with Crippen LogP contribution in [-0.4, -0.2) is 41.8 Å². The van der Waals surface area contributed by atoms with Crippen molar-refractivity contribution in [1.29, 1.82) is 0 Å². The monoisotopic (exact) mass is 214 g/mol. The van der Waals surface area contributed by atoms with Gasteiger partial charge in [-0.05, 0) is 52.2 Å². The largest absolute Gasteiger partial charge is 0.389 e. The zero-order valence-corrected chi connectivity index (χ0v) is 10.0. The predicted molar refractivity (Wildman–Crippen MR) is 63.8 cm³/mol. The number of nitrogens with zero attached hydrogens (tertiary/aromatic N) is 1. The summed E-state index contributed by atoms with van der Waals surface area (Å²) in [6, 6.07) is 0. The lowest BCUT2D eigenvalue weighted by molar-refractivity contribution is 0.0545. The van der Waals surface area contributed by atoms with Gasteiger partial charge in [0.1, 0.15) is 0 Å². The summed E-state index contributed by atoms with van der Waals surface area (Å²) in [7, 11) is 0. The van der Waals surface area contributed by atoms with Gasteiger partial charge in [0.2, 0.25) is 0 Å². The van der Waals surface area contributed by atoms with Gasteiger partial charge in [-0.1, -0.05) is 12.8 Å². The fourth-order valence-corrected chi connectivity index (χ4v) is 2.15. The first kappa shape index (κ1) is 12.9. The molecular weight excluding hydrogens is 188 g/mol. The first-order valence-corrected chi connectivity index (χ1v) is 6.29. The summed E-state index contributed by atoms with van der Waals surface area (Å²) in [5.41, 5.74) is 4.83. The Labute approximate surface area is 93.6 Å². The van der Waals surface area contributed by atoms with Crippen LogP contribution in [0.5, 0.6) is 0 Å². The van der Waals surface area contributed by atoms with Gasteiger partial charge in [-0.2, -0.15) is 0 Å². The van der Waals surface area contributed by atoms with Gasteiger partial charge in [-0.3, -0.25) is 0 Å². The summed E-state index contributed by atoms with van der Waals surface area (Å²) in [5, 5.41) is 9.76. The number of hydrogen-bond donors (Lipinski definition) is 2. The third kappa shape index (κ3) is 5.50. The third-order valence-corrected chi connectivity index (χ3v) is 3.33. The topological polar surface area (TPSA) is 49.5 Å². The average molecular weight is 214 g/mol. The zero-order chi connectivity index (χ0) is 11.1. The van der Waals surface area contributed by atoms with Gasteiger partial charge in [0.05, 0.1) is 5.60 Å². The molecule has 90 valence electrons. The molecule has 0 aromatic heterocycles. The average Bonchev–Trinajstić information content (AvgIpc) is 2.46. The minimum atomic E-state index is -0.661. The highest BCUT2D eigenvalue weighted by Gasteiger charge is 2.18. The van der Waals surface area contributed by atoms with Gasteiger partial charge in [0, 0.05) is 6.54 Å². The summed E-state index contributed by atoms with van der Waals surface area (Å²) in [4.78, 5) is 2.53.